The Morgan fingerprint density at radius 2 is 0.986 bits per heavy atom. The van der Waals surface area contributed by atoms with Crippen LogP contribution in [0.5, 0.6) is 0 Å². The van der Waals surface area contributed by atoms with Crippen LogP contribution in [0.25, 0.3) is 16.7 Å². The van der Waals surface area contributed by atoms with Crippen molar-refractivity contribution < 1.29 is 24.3 Å². The molecule has 7 rings (SSSR count). The first kappa shape index (κ1) is 55.8. The van der Waals surface area contributed by atoms with E-state index in [0.29, 0.717) is 5.92 Å². The number of nitrogens with zero attached hydrogens (tertiary/aromatic N) is 5. The van der Waals surface area contributed by atoms with Crippen molar-refractivity contribution in [2.24, 2.45) is 17.7 Å². The number of fused-ring (bicyclic) bond motifs is 3. The summed E-state index contributed by atoms with van der Waals surface area (Å²) in [6.07, 6.45) is 5.89. The van der Waals surface area contributed by atoms with E-state index in [1.807, 2.05) is 63.7 Å². The van der Waals surface area contributed by atoms with Gasteiger partial charge in [0.15, 0.2) is 0 Å². The van der Waals surface area contributed by atoms with Gasteiger partial charge in [-0.15, -0.1) is 21.5 Å². The third-order valence-electron chi connectivity index (χ3n) is 12.4. The summed E-state index contributed by atoms with van der Waals surface area (Å²) in [4.78, 5) is 50.8. The van der Waals surface area contributed by atoms with Crippen molar-refractivity contribution in [1.82, 2.24) is 41.2 Å². The first-order chi connectivity index (χ1) is 32.7. The molecule has 0 fully saturated rings. The lowest BCUT2D eigenvalue weighted by Crippen LogP contribution is -2.43. The summed E-state index contributed by atoms with van der Waals surface area (Å²) in [6, 6.07) is 25.2. The summed E-state index contributed by atoms with van der Waals surface area (Å²) < 4.78 is 0. The number of benzene rings is 3. The molecule has 0 saturated heterocycles. The first-order valence-electron chi connectivity index (χ1n) is 23.6. The van der Waals surface area contributed by atoms with Crippen molar-refractivity contribution in [3.05, 3.63) is 133 Å². The normalized spacial score (nSPS) is 14.7. The minimum absolute atomic E-state index is 0.186. The largest absolute Gasteiger partial charge is 0.481 e. The van der Waals surface area contributed by atoms with Crippen LogP contribution in [-0.4, -0.2) is 116 Å². The maximum atomic E-state index is 12.4. The Kier molecular flexibility index (Phi) is 21.6. The number of carbonyl (C=O) groups excluding carboxylic acids is 3. The lowest BCUT2D eigenvalue weighted by Gasteiger charge is -2.18. The fourth-order valence-corrected chi connectivity index (χ4v) is 9.60. The molecule has 3 aromatic carbocycles. The molecule has 15 heteroatoms. The van der Waals surface area contributed by atoms with E-state index in [-0.39, 0.29) is 23.6 Å². The number of rotatable bonds is 15. The molecule has 14 nitrogen and oxygen atoms in total. The number of nitrogens with one attached hydrogen (secondary N) is 3. The smallest absolute Gasteiger partial charge is 0.310 e. The number of allylic oxidation sites excluding steroid dienone is 1. The maximum absolute atomic E-state index is 12.4. The Hall–Kier alpha value is -5.84. The van der Waals surface area contributed by atoms with Crippen LogP contribution < -0.4 is 22.1 Å². The molecule has 6 N–H and O–H groups in total. The highest BCUT2D eigenvalue weighted by atomic mass is 32.1. The summed E-state index contributed by atoms with van der Waals surface area (Å²) >= 11 is 1.72. The Morgan fingerprint density at radius 1 is 0.609 bits per heavy atom. The number of aryl methyl sites for hydroxylation is 1. The van der Waals surface area contributed by atoms with Gasteiger partial charge in [-0.25, -0.2) is 5.84 Å². The molecule has 372 valence electrons. The maximum Gasteiger partial charge on any atom is 0.310 e. The highest BCUT2D eigenvalue weighted by molar-refractivity contribution is 7.11. The summed E-state index contributed by atoms with van der Waals surface area (Å²) in [7, 11) is 12.5. The van der Waals surface area contributed by atoms with E-state index >= 15 is 0 Å². The molecule has 0 saturated carbocycles. The van der Waals surface area contributed by atoms with Crippen LogP contribution in [0.2, 0.25) is 0 Å². The molecule has 1 aromatic heterocycles. The Labute approximate surface area is 414 Å². The van der Waals surface area contributed by atoms with Gasteiger partial charge in [0.2, 0.25) is 17.7 Å². The zero-order chi connectivity index (χ0) is 50.9. The standard InChI is InChI=1S/C18H25N3O2.C18H23N3S.C16H21NO2.C2H6N2O/c1-12(18(23)20-19-13(2)22)17-15(9-10-21(3)4)11-14-7-5-6-8-16(14)17;1-12(18-20-19-13(2)22-18)17-15(9-10-21(3)4)11-14-7-5-6-8-16(14)17;1-11(16(18)19)15-13(8-9-17(2)3)10-12-6-4-5-7-14(12)15;1-2(5)4-3/h5-8,12H,9-11H2,1-4H3,(H,19,22)(H,20,23);5-8,12H,9-11H2,1-4H3;4-7,11H,8-10H2,1-3H3,(H,18,19);3H2,1H3,(H,4,5). The highest BCUT2D eigenvalue weighted by Gasteiger charge is 2.31. The number of hydrogen-bond donors (Lipinski definition) is 5. The number of carboxylic acids is 1. The molecular formula is C54H75N9O5S. The van der Waals surface area contributed by atoms with Crippen LogP contribution >= 0.6 is 11.3 Å². The van der Waals surface area contributed by atoms with Gasteiger partial charge in [0, 0.05) is 39.4 Å². The van der Waals surface area contributed by atoms with Crippen LogP contribution in [0.4, 0.5) is 0 Å². The van der Waals surface area contributed by atoms with Crippen molar-refractivity contribution in [3.63, 3.8) is 0 Å². The lowest BCUT2D eigenvalue weighted by molar-refractivity contribution is -0.139. The number of aromatic nitrogens is 2. The van der Waals surface area contributed by atoms with Crippen LogP contribution in [0.15, 0.2) is 89.5 Å². The van der Waals surface area contributed by atoms with Crippen molar-refractivity contribution in [3.8, 4) is 0 Å². The van der Waals surface area contributed by atoms with Gasteiger partial charge in [0.1, 0.15) is 10.0 Å². The van der Waals surface area contributed by atoms with Crippen LogP contribution in [-0.2, 0) is 38.4 Å². The minimum atomic E-state index is -0.742. The van der Waals surface area contributed by atoms with E-state index in [1.165, 1.54) is 52.8 Å². The topological polar surface area (TPSA) is 186 Å². The molecule has 3 amide bonds. The molecule has 69 heavy (non-hydrogen) atoms. The number of nitrogens with two attached hydrogens (primary N) is 1. The van der Waals surface area contributed by atoms with Gasteiger partial charge in [-0.2, -0.15) is 0 Å². The second kappa shape index (κ2) is 26.8. The second-order valence-corrected chi connectivity index (χ2v) is 20.0. The first-order valence-corrected chi connectivity index (χ1v) is 24.5. The quantitative estimate of drug-likeness (QED) is 0.0457. The number of hydrazine groups is 2. The van der Waals surface area contributed by atoms with Gasteiger partial charge in [-0.1, -0.05) is 96.4 Å². The van der Waals surface area contributed by atoms with E-state index in [2.05, 4.69) is 119 Å². The summed E-state index contributed by atoms with van der Waals surface area (Å²) in [6.45, 7) is 13.7. The third-order valence-corrected chi connectivity index (χ3v) is 13.4. The number of carbonyl (C=O) groups is 4. The van der Waals surface area contributed by atoms with Gasteiger partial charge < -0.3 is 19.8 Å². The molecule has 4 aromatic rings. The second-order valence-electron chi connectivity index (χ2n) is 18.7. The Bertz CT molecular complexity index is 2510. The minimum Gasteiger partial charge on any atom is -0.481 e. The van der Waals surface area contributed by atoms with Crippen LogP contribution in [0, 0.1) is 18.8 Å². The van der Waals surface area contributed by atoms with Gasteiger partial charge in [0.25, 0.3) is 0 Å². The number of hydrogen-bond acceptors (Lipinski definition) is 11. The van der Waals surface area contributed by atoms with Crippen molar-refractivity contribution >= 4 is 51.7 Å². The zero-order valence-corrected chi connectivity index (χ0v) is 43.6. The molecule has 3 atom stereocenters. The Morgan fingerprint density at radius 3 is 1.33 bits per heavy atom. The summed E-state index contributed by atoms with van der Waals surface area (Å²) in [5.74, 6) is 2.74. The van der Waals surface area contributed by atoms with E-state index in [0.717, 1.165) is 90.4 Å². The predicted octanol–water partition coefficient (Wildman–Crippen LogP) is 7.33. The highest BCUT2D eigenvalue weighted by Crippen LogP contribution is 2.44. The fourth-order valence-electron chi connectivity index (χ4n) is 8.84. The van der Waals surface area contributed by atoms with Gasteiger partial charge in [0.05, 0.1) is 11.8 Å². The molecule has 0 radical (unpaired) electrons. The van der Waals surface area contributed by atoms with E-state index in [9.17, 15) is 24.3 Å². The fraction of sp³-hybridized carbons (Fsp3) is 0.444. The predicted molar refractivity (Wildman–Crippen MR) is 280 cm³/mol. The van der Waals surface area contributed by atoms with E-state index in [1.54, 1.807) is 23.8 Å². The van der Waals surface area contributed by atoms with Crippen molar-refractivity contribution in [2.45, 2.75) is 86.0 Å². The number of carboxylic acid groups (broad SMARTS) is 1. The van der Waals surface area contributed by atoms with Crippen molar-refractivity contribution in [2.75, 3.05) is 61.9 Å². The van der Waals surface area contributed by atoms with E-state index < -0.39 is 11.9 Å². The number of aliphatic carboxylic acids is 1. The summed E-state index contributed by atoms with van der Waals surface area (Å²) in [5, 5.41) is 20.1. The molecule has 3 aliphatic carbocycles. The molecule has 3 unspecified atom stereocenters. The molecular weight excluding hydrogens is 887 g/mol. The van der Waals surface area contributed by atoms with Crippen LogP contribution in [0.1, 0.15) is 103 Å². The monoisotopic (exact) mass is 962 g/mol. The lowest BCUT2D eigenvalue weighted by atomic mass is 9.92. The third kappa shape index (κ3) is 16.1. The molecule has 0 spiro atoms. The summed E-state index contributed by atoms with van der Waals surface area (Å²) in [5.41, 5.74) is 22.2. The molecule has 0 bridgehead atoms. The zero-order valence-electron chi connectivity index (χ0n) is 42.8. The SMILES string of the molecule is CC(=O)NN.CC(=O)NNC(=O)C(C)C1=C(CCN(C)C)Cc2ccccc21.CC(C(=O)O)C1=C(CCN(C)C)Cc2ccccc21.Cc1nnc(C(C)C2=C(CCN(C)C)Cc3ccccc32)s1. The van der Waals surface area contributed by atoms with Crippen molar-refractivity contribution in [1.29, 1.82) is 0 Å². The van der Waals surface area contributed by atoms with E-state index in [4.69, 9.17) is 0 Å². The molecule has 0 aliphatic heterocycles. The molecule has 1 heterocycles. The van der Waals surface area contributed by atoms with Crippen LogP contribution in [0.3, 0.4) is 0 Å². The number of amides is 3. The average Bonchev–Trinajstić information content (AvgIpc) is 4.11. The van der Waals surface area contributed by atoms with Gasteiger partial charge >= 0.3 is 5.97 Å². The van der Waals surface area contributed by atoms with Gasteiger partial charge in [-0.3, -0.25) is 35.5 Å². The average molecular weight is 962 g/mol. The Balaban J connectivity index is 0.000000215. The van der Waals surface area contributed by atoms with Gasteiger partial charge in [-0.05, 0) is 152 Å². The molecule has 3 aliphatic rings.